The molecule has 6 nitrogen and oxygen atoms in total. The van der Waals surface area contributed by atoms with Crippen LogP contribution in [0.2, 0.25) is 10.0 Å². The molecule has 2 aromatic carbocycles. The van der Waals surface area contributed by atoms with Gasteiger partial charge in [0.15, 0.2) is 0 Å². The van der Waals surface area contributed by atoms with Crippen LogP contribution in [0.3, 0.4) is 0 Å². The lowest BCUT2D eigenvalue weighted by atomic mass is 9.75. The van der Waals surface area contributed by atoms with Crippen LogP contribution in [0.1, 0.15) is 18.4 Å². The molecular formula is C22H16Cl2FN3O3. The normalized spacial score (nSPS) is 31.4. The zero-order chi connectivity index (χ0) is 21.7. The van der Waals surface area contributed by atoms with Crippen molar-refractivity contribution < 1.29 is 18.8 Å². The second kappa shape index (κ2) is 6.28. The van der Waals surface area contributed by atoms with Crippen LogP contribution in [0.25, 0.3) is 0 Å². The summed E-state index contributed by atoms with van der Waals surface area (Å²) in [6.07, 6.45) is 1.46. The monoisotopic (exact) mass is 459 g/mol. The molecule has 0 aliphatic carbocycles. The van der Waals surface area contributed by atoms with Crippen LogP contribution in [0, 0.1) is 17.7 Å². The number of rotatable bonds is 1. The molecule has 3 fully saturated rings. The van der Waals surface area contributed by atoms with Gasteiger partial charge in [-0.15, -0.1) is 0 Å². The Kier molecular flexibility index (Phi) is 3.89. The molecule has 4 aliphatic rings. The highest BCUT2D eigenvalue weighted by molar-refractivity contribution is 6.38. The summed E-state index contributed by atoms with van der Waals surface area (Å²) in [5.41, 5.74) is -0.332. The first-order chi connectivity index (χ1) is 14.9. The molecule has 1 N–H and O–H groups in total. The number of halogens is 3. The predicted molar refractivity (Wildman–Crippen MR) is 112 cm³/mol. The number of anilines is 2. The summed E-state index contributed by atoms with van der Waals surface area (Å²) in [5.74, 6) is -3.49. The van der Waals surface area contributed by atoms with E-state index in [-0.39, 0.29) is 16.8 Å². The Labute approximate surface area is 186 Å². The Balaban J connectivity index is 1.58. The summed E-state index contributed by atoms with van der Waals surface area (Å²) in [7, 11) is 0. The maximum Gasteiger partial charge on any atom is 0.250 e. The van der Waals surface area contributed by atoms with Crippen LogP contribution in [-0.4, -0.2) is 35.2 Å². The minimum absolute atomic E-state index is 0.205. The number of carbonyl (C=O) groups excluding carboxylic acids is 3. The molecule has 9 heteroatoms. The molecule has 4 atom stereocenters. The number of benzene rings is 2. The van der Waals surface area contributed by atoms with Crippen molar-refractivity contribution in [3.63, 3.8) is 0 Å². The Hall–Kier alpha value is -2.48. The van der Waals surface area contributed by atoms with Gasteiger partial charge in [-0.25, -0.2) is 9.29 Å². The van der Waals surface area contributed by atoms with Crippen molar-refractivity contribution in [3.05, 3.63) is 57.8 Å². The Bertz CT molecular complexity index is 1200. The molecule has 0 radical (unpaired) electrons. The van der Waals surface area contributed by atoms with Crippen molar-refractivity contribution in [1.82, 2.24) is 4.90 Å². The van der Waals surface area contributed by atoms with Gasteiger partial charge >= 0.3 is 0 Å². The van der Waals surface area contributed by atoms with E-state index in [1.54, 1.807) is 6.07 Å². The van der Waals surface area contributed by atoms with Crippen LogP contribution in [0.15, 0.2) is 36.4 Å². The highest BCUT2D eigenvalue weighted by atomic mass is 35.5. The standard InChI is InChI=1S/C22H16Cl2FN3O3/c23-10-3-5-13(24)16(8-10)28-19(29)17-15-2-1-7-27(15)22(18(17)20(28)30)12-9-11(25)4-6-14(12)26-21(22)31/h3-6,8-9,15,17-18H,1-2,7H2,(H,26,31)/t15-,17+,18-,22-/m0/s1. The summed E-state index contributed by atoms with van der Waals surface area (Å²) in [6, 6.07) is 8.36. The molecule has 1 spiro atoms. The summed E-state index contributed by atoms with van der Waals surface area (Å²) >= 11 is 12.4. The van der Waals surface area contributed by atoms with Gasteiger partial charge in [0.1, 0.15) is 11.4 Å². The summed E-state index contributed by atoms with van der Waals surface area (Å²) in [4.78, 5) is 43.9. The van der Waals surface area contributed by atoms with Crippen LogP contribution >= 0.6 is 23.2 Å². The van der Waals surface area contributed by atoms with Crippen molar-refractivity contribution in [2.24, 2.45) is 11.8 Å². The van der Waals surface area contributed by atoms with E-state index in [1.807, 2.05) is 4.90 Å². The zero-order valence-electron chi connectivity index (χ0n) is 16.1. The molecule has 3 saturated heterocycles. The number of hydrogen-bond donors (Lipinski definition) is 1. The number of hydrogen-bond acceptors (Lipinski definition) is 4. The number of nitrogens with one attached hydrogen (secondary N) is 1. The second-order valence-corrected chi connectivity index (χ2v) is 9.27. The van der Waals surface area contributed by atoms with E-state index in [0.717, 1.165) is 11.3 Å². The van der Waals surface area contributed by atoms with Gasteiger partial charge in [0.2, 0.25) is 17.7 Å². The number of carbonyl (C=O) groups is 3. The number of nitrogens with zero attached hydrogens (tertiary/aromatic N) is 2. The third-order valence-electron chi connectivity index (χ3n) is 7.10. The van der Waals surface area contributed by atoms with E-state index in [2.05, 4.69) is 5.32 Å². The molecule has 4 aliphatic heterocycles. The molecule has 3 amide bonds. The average Bonchev–Trinajstić information content (AvgIpc) is 3.43. The van der Waals surface area contributed by atoms with E-state index in [0.29, 0.717) is 29.2 Å². The molecule has 0 aromatic heterocycles. The lowest BCUT2D eigenvalue weighted by Crippen LogP contribution is -2.54. The molecule has 158 valence electrons. The third-order valence-corrected chi connectivity index (χ3v) is 7.66. The lowest BCUT2D eigenvalue weighted by Gasteiger charge is -2.36. The molecule has 2 aromatic rings. The third kappa shape index (κ3) is 2.24. The first-order valence-electron chi connectivity index (χ1n) is 10.1. The highest BCUT2D eigenvalue weighted by Gasteiger charge is 2.74. The van der Waals surface area contributed by atoms with Crippen LogP contribution in [0.5, 0.6) is 0 Å². The molecule has 0 bridgehead atoms. The molecular weight excluding hydrogens is 444 g/mol. The summed E-state index contributed by atoms with van der Waals surface area (Å²) < 4.78 is 14.3. The Morgan fingerprint density at radius 2 is 1.87 bits per heavy atom. The lowest BCUT2D eigenvalue weighted by molar-refractivity contribution is -0.135. The number of imide groups is 1. The predicted octanol–water partition coefficient (Wildman–Crippen LogP) is 3.56. The van der Waals surface area contributed by atoms with Crippen molar-refractivity contribution in [2.75, 3.05) is 16.8 Å². The summed E-state index contributed by atoms with van der Waals surface area (Å²) in [5, 5.41) is 3.36. The molecule has 0 unspecified atom stereocenters. The fourth-order valence-electron chi connectivity index (χ4n) is 6.07. The van der Waals surface area contributed by atoms with Crippen LogP contribution in [-0.2, 0) is 19.9 Å². The van der Waals surface area contributed by atoms with Gasteiger partial charge in [-0.05, 0) is 55.8 Å². The maximum atomic E-state index is 14.3. The van der Waals surface area contributed by atoms with Gasteiger partial charge in [0, 0.05) is 22.3 Å². The second-order valence-electron chi connectivity index (χ2n) is 8.42. The van der Waals surface area contributed by atoms with Gasteiger partial charge in [-0.2, -0.15) is 0 Å². The van der Waals surface area contributed by atoms with E-state index in [9.17, 15) is 18.8 Å². The van der Waals surface area contributed by atoms with Gasteiger partial charge in [-0.3, -0.25) is 19.3 Å². The van der Waals surface area contributed by atoms with Crippen molar-refractivity contribution in [2.45, 2.75) is 24.4 Å². The first kappa shape index (κ1) is 19.2. The number of amides is 3. The van der Waals surface area contributed by atoms with Gasteiger partial charge < -0.3 is 5.32 Å². The Morgan fingerprint density at radius 3 is 2.68 bits per heavy atom. The highest BCUT2D eigenvalue weighted by Crippen LogP contribution is 2.61. The van der Waals surface area contributed by atoms with Gasteiger partial charge in [0.25, 0.3) is 0 Å². The Morgan fingerprint density at radius 1 is 1.06 bits per heavy atom. The fourth-order valence-corrected chi connectivity index (χ4v) is 6.44. The van der Waals surface area contributed by atoms with E-state index in [1.165, 1.54) is 30.3 Å². The smallest absolute Gasteiger partial charge is 0.250 e. The topological polar surface area (TPSA) is 69.7 Å². The maximum absolute atomic E-state index is 14.3. The van der Waals surface area contributed by atoms with Gasteiger partial charge in [0.05, 0.1) is 22.5 Å². The van der Waals surface area contributed by atoms with Crippen molar-refractivity contribution in [1.29, 1.82) is 0 Å². The summed E-state index contributed by atoms with van der Waals surface area (Å²) in [6.45, 7) is 0.555. The SMILES string of the molecule is O=C1[C@H]2[C@@H](C(=O)N1c1cc(Cl)ccc1Cl)[C@@]1(C(=O)Nc3ccc(F)cc31)N1CCC[C@@H]21. The van der Waals surface area contributed by atoms with Crippen molar-refractivity contribution >= 4 is 52.3 Å². The molecule has 4 heterocycles. The molecule has 0 saturated carbocycles. The minimum atomic E-state index is -1.42. The molecule has 6 rings (SSSR count). The fraction of sp³-hybridized carbons (Fsp3) is 0.318. The van der Waals surface area contributed by atoms with Crippen LogP contribution in [0.4, 0.5) is 15.8 Å². The van der Waals surface area contributed by atoms with E-state index in [4.69, 9.17) is 23.2 Å². The number of fused-ring (bicyclic) bond motifs is 7. The average molecular weight is 460 g/mol. The minimum Gasteiger partial charge on any atom is -0.324 e. The molecule has 31 heavy (non-hydrogen) atoms. The zero-order valence-corrected chi connectivity index (χ0v) is 17.6. The van der Waals surface area contributed by atoms with Gasteiger partial charge in [-0.1, -0.05) is 23.2 Å². The van der Waals surface area contributed by atoms with E-state index >= 15 is 0 Å². The quantitative estimate of drug-likeness (QED) is 0.661. The van der Waals surface area contributed by atoms with Crippen LogP contribution < -0.4 is 10.2 Å². The van der Waals surface area contributed by atoms with Crippen molar-refractivity contribution in [3.8, 4) is 0 Å². The van der Waals surface area contributed by atoms with E-state index < -0.39 is 40.9 Å². The first-order valence-corrected chi connectivity index (χ1v) is 10.8. The largest absolute Gasteiger partial charge is 0.324 e.